The molecule has 0 aliphatic heterocycles. The number of hydrogen-bond donors (Lipinski definition) is 0. The minimum absolute atomic E-state index is 0.0360. The van der Waals surface area contributed by atoms with Crippen LogP contribution in [0.4, 0.5) is 4.39 Å². The Bertz CT molecular complexity index is 798. The van der Waals surface area contributed by atoms with Crippen molar-refractivity contribution >= 4 is 11.8 Å². The van der Waals surface area contributed by atoms with Crippen molar-refractivity contribution in [3.05, 3.63) is 72.0 Å². The van der Waals surface area contributed by atoms with E-state index < -0.39 is 0 Å². The third-order valence-corrected chi connectivity index (χ3v) is 4.27. The number of amides is 2. The molecule has 2 aromatic rings. The number of furan rings is 1. The van der Waals surface area contributed by atoms with Crippen LogP contribution in [0.25, 0.3) is 0 Å². The summed E-state index contributed by atoms with van der Waals surface area (Å²) in [5.41, 5.74) is 0.799. The molecule has 0 bridgehead atoms. The molecule has 28 heavy (non-hydrogen) atoms. The smallest absolute Gasteiger partial charge is 0.242 e. The molecule has 0 aliphatic rings. The molecule has 0 N–H and O–H groups in total. The number of rotatable bonds is 10. The van der Waals surface area contributed by atoms with Gasteiger partial charge in [-0.15, -0.1) is 6.58 Å². The van der Waals surface area contributed by atoms with Crippen LogP contribution in [0.3, 0.4) is 0 Å². The lowest BCUT2D eigenvalue weighted by Crippen LogP contribution is -2.42. The van der Waals surface area contributed by atoms with Crippen LogP contribution in [0.15, 0.2) is 53.5 Å². The molecule has 5 nitrogen and oxygen atoms in total. The fraction of sp³-hybridized carbons (Fsp3) is 0.364. The predicted molar refractivity (Wildman–Crippen MR) is 106 cm³/mol. The van der Waals surface area contributed by atoms with E-state index >= 15 is 0 Å². The van der Waals surface area contributed by atoms with Gasteiger partial charge in [0.1, 0.15) is 23.9 Å². The fourth-order valence-corrected chi connectivity index (χ4v) is 2.85. The van der Waals surface area contributed by atoms with Crippen LogP contribution in [0.5, 0.6) is 0 Å². The van der Waals surface area contributed by atoms with Gasteiger partial charge in [-0.2, -0.15) is 0 Å². The summed E-state index contributed by atoms with van der Waals surface area (Å²) in [6, 6.07) is 9.68. The molecule has 150 valence electrons. The van der Waals surface area contributed by atoms with Gasteiger partial charge in [0.05, 0.1) is 6.54 Å². The highest BCUT2D eigenvalue weighted by Gasteiger charge is 2.21. The molecule has 0 spiro atoms. The molecule has 1 aromatic carbocycles. The van der Waals surface area contributed by atoms with Gasteiger partial charge in [-0.25, -0.2) is 4.39 Å². The number of halogens is 1. The molecule has 0 saturated carbocycles. The Hall–Kier alpha value is -2.89. The van der Waals surface area contributed by atoms with E-state index in [9.17, 15) is 14.0 Å². The third-order valence-electron chi connectivity index (χ3n) is 4.27. The lowest BCUT2D eigenvalue weighted by Gasteiger charge is -2.27. The normalized spacial score (nSPS) is 10.5. The minimum atomic E-state index is -0.328. The van der Waals surface area contributed by atoms with Crippen molar-refractivity contribution in [3.63, 3.8) is 0 Å². The van der Waals surface area contributed by atoms with E-state index in [-0.39, 0.29) is 30.7 Å². The molecular formula is C22H27FN2O3. The zero-order valence-electron chi connectivity index (χ0n) is 16.5. The Morgan fingerprint density at radius 3 is 2.36 bits per heavy atom. The van der Waals surface area contributed by atoms with E-state index in [0.717, 1.165) is 11.3 Å². The van der Waals surface area contributed by atoms with Crippen molar-refractivity contribution in [2.75, 3.05) is 13.1 Å². The van der Waals surface area contributed by atoms with E-state index in [1.807, 2.05) is 26.0 Å². The van der Waals surface area contributed by atoms with Gasteiger partial charge in [0.15, 0.2) is 0 Å². The molecule has 0 saturated heterocycles. The molecule has 2 rings (SSSR count). The lowest BCUT2D eigenvalue weighted by molar-refractivity contribution is -0.141. The Balaban J connectivity index is 2.17. The number of nitrogens with zero attached hydrogens (tertiary/aromatic N) is 2. The monoisotopic (exact) mass is 386 g/mol. The van der Waals surface area contributed by atoms with E-state index in [0.29, 0.717) is 31.7 Å². The van der Waals surface area contributed by atoms with Crippen LogP contribution >= 0.6 is 0 Å². The van der Waals surface area contributed by atoms with E-state index in [2.05, 4.69) is 6.58 Å². The second-order valence-electron chi connectivity index (χ2n) is 6.70. The summed E-state index contributed by atoms with van der Waals surface area (Å²) in [4.78, 5) is 28.4. The number of aryl methyl sites for hydroxylation is 1. The quantitative estimate of drug-likeness (QED) is 0.579. The summed E-state index contributed by atoms with van der Waals surface area (Å²) in [5, 5.41) is 0. The Morgan fingerprint density at radius 2 is 1.79 bits per heavy atom. The third kappa shape index (κ3) is 6.37. The fourth-order valence-electron chi connectivity index (χ4n) is 2.85. The average Bonchev–Trinajstić information content (AvgIpc) is 3.07. The zero-order valence-corrected chi connectivity index (χ0v) is 16.5. The van der Waals surface area contributed by atoms with Gasteiger partial charge >= 0.3 is 0 Å². The molecule has 6 heteroatoms. The van der Waals surface area contributed by atoms with Crippen molar-refractivity contribution in [2.45, 2.75) is 39.8 Å². The number of hydrogen-bond acceptors (Lipinski definition) is 3. The molecule has 0 atom stereocenters. The number of benzene rings is 1. The van der Waals surface area contributed by atoms with Crippen molar-refractivity contribution in [2.24, 2.45) is 0 Å². The van der Waals surface area contributed by atoms with Crippen molar-refractivity contribution < 1.29 is 18.4 Å². The average molecular weight is 386 g/mol. The van der Waals surface area contributed by atoms with Crippen LogP contribution in [0.2, 0.25) is 0 Å². The summed E-state index contributed by atoms with van der Waals surface area (Å²) >= 11 is 0. The second-order valence-corrected chi connectivity index (χ2v) is 6.70. The molecule has 0 aliphatic carbocycles. The predicted octanol–water partition coefficient (Wildman–Crippen LogP) is 4.07. The van der Waals surface area contributed by atoms with Gasteiger partial charge < -0.3 is 14.2 Å². The second kappa shape index (κ2) is 10.4. The maximum atomic E-state index is 13.2. The Kier molecular flexibility index (Phi) is 7.99. The topological polar surface area (TPSA) is 53.8 Å². The first-order valence-corrected chi connectivity index (χ1v) is 9.39. The van der Waals surface area contributed by atoms with E-state index in [1.54, 1.807) is 23.1 Å². The van der Waals surface area contributed by atoms with E-state index in [1.165, 1.54) is 17.0 Å². The van der Waals surface area contributed by atoms with Gasteiger partial charge in [0.25, 0.3) is 0 Å². The largest absolute Gasteiger partial charge is 0.464 e. The molecule has 1 heterocycles. The maximum absolute atomic E-state index is 13.2. The van der Waals surface area contributed by atoms with Gasteiger partial charge in [0.2, 0.25) is 11.8 Å². The van der Waals surface area contributed by atoms with Crippen LogP contribution in [-0.4, -0.2) is 34.7 Å². The van der Waals surface area contributed by atoms with Crippen LogP contribution < -0.4 is 0 Å². The van der Waals surface area contributed by atoms with E-state index in [4.69, 9.17) is 4.42 Å². The van der Waals surface area contributed by atoms with Crippen LogP contribution in [0, 0.1) is 12.7 Å². The molecule has 0 radical (unpaired) electrons. The Labute approximate surface area is 165 Å². The van der Waals surface area contributed by atoms with Crippen molar-refractivity contribution in [1.29, 1.82) is 0 Å². The summed E-state index contributed by atoms with van der Waals surface area (Å²) in [6.45, 7) is 8.28. The Morgan fingerprint density at radius 1 is 1.07 bits per heavy atom. The van der Waals surface area contributed by atoms with Gasteiger partial charge in [-0.05, 0) is 43.2 Å². The van der Waals surface area contributed by atoms with Crippen LogP contribution in [-0.2, 0) is 22.7 Å². The molecule has 2 amide bonds. The highest BCUT2D eigenvalue weighted by Crippen LogP contribution is 2.14. The first-order valence-electron chi connectivity index (χ1n) is 9.39. The first-order chi connectivity index (χ1) is 13.4. The van der Waals surface area contributed by atoms with Crippen molar-refractivity contribution in [3.8, 4) is 0 Å². The van der Waals surface area contributed by atoms with Gasteiger partial charge in [-0.1, -0.05) is 25.1 Å². The minimum Gasteiger partial charge on any atom is -0.464 e. The highest BCUT2D eigenvalue weighted by atomic mass is 19.1. The molecule has 0 unspecified atom stereocenters. The van der Waals surface area contributed by atoms with Crippen molar-refractivity contribution in [1.82, 2.24) is 9.80 Å². The number of carbonyl (C=O) groups is 2. The molecular weight excluding hydrogens is 359 g/mol. The summed E-state index contributed by atoms with van der Waals surface area (Å²) in [7, 11) is 0. The SMILES string of the molecule is C=CCN(CC(=O)N(Cc1ccc(F)cc1)Cc1ccc(C)o1)C(=O)CCC. The zero-order chi connectivity index (χ0) is 20.5. The molecule has 0 fully saturated rings. The van der Waals surface area contributed by atoms with Gasteiger partial charge in [0, 0.05) is 19.5 Å². The standard InChI is InChI=1S/C22H27FN2O3/c1-4-6-21(26)24(13-5-2)16-22(27)25(15-20-12-7-17(3)28-20)14-18-8-10-19(23)11-9-18/h5,7-12H,2,4,6,13-16H2,1,3H3. The highest BCUT2D eigenvalue weighted by molar-refractivity contribution is 5.85. The first kappa shape index (κ1) is 21.4. The number of carbonyl (C=O) groups excluding carboxylic acids is 2. The summed E-state index contributed by atoms with van der Waals surface area (Å²) in [6.07, 6.45) is 2.71. The lowest BCUT2D eigenvalue weighted by atomic mass is 10.2. The van der Waals surface area contributed by atoms with Gasteiger partial charge in [-0.3, -0.25) is 9.59 Å². The summed E-state index contributed by atoms with van der Waals surface area (Å²) in [5.74, 6) is 0.806. The summed E-state index contributed by atoms with van der Waals surface area (Å²) < 4.78 is 18.8. The maximum Gasteiger partial charge on any atom is 0.242 e. The van der Waals surface area contributed by atoms with Crippen LogP contribution in [0.1, 0.15) is 36.8 Å². The molecule has 1 aromatic heterocycles.